The molecule has 0 bridgehead atoms. The predicted molar refractivity (Wildman–Crippen MR) is 127 cm³/mol. The molecule has 0 radical (unpaired) electrons. The fraction of sp³-hybridized carbons (Fsp3) is 0.172. The standard InChI is InChI=1S/C29H19F9O/c1-2-3-4-15-5-7-19(21(30)9-15)17-12-25(34)28(26(35)13-17)39-29(37,38)18-6-8-20(22(31)14-18)16-10-23(32)27(36)24(33)11-16/h5-14H,2-4H2,1H3. The molecule has 4 rings (SSSR count). The van der Waals surface area contributed by atoms with Gasteiger partial charge in [0.1, 0.15) is 11.6 Å². The molecular weight excluding hydrogens is 535 g/mol. The van der Waals surface area contributed by atoms with Crippen LogP contribution in [0.15, 0.2) is 60.7 Å². The normalized spacial score (nSPS) is 11.6. The first-order chi connectivity index (χ1) is 18.4. The van der Waals surface area contributed by atoms with E-state index in [0.717, 1.165) is 18.9 Å². The van der Waals surface area contributed by atoms with Crippen LogP contribution in [0.5, 0.6) is 5.75 Å². The van der Waals surface area contributed by atoms with Crippen molar-refractivity contribution in [3.05, 3.63) is 113 Å². The van der Waals surface area contributed by atoms with Gasteiger partial charge in [-0.2, -0.15) is 8.78 Å². The Labute approximate surface area is 217 Å². The SMILES string of the molecule is CCCCc1ccc(-c2cc(F)c(OC(F)(F)c3ccc(-c4cc(F)c(F)c(F)c4)c(F)c3)c(F)c2)c(F)c1. The molecule has 0 unspecified atom stereocenters. The molecule has 0 heterocycles. The maximum absolute atomic E-state index is 14.8. The molecular formula is C29H19F9O. The predicted octanol–water partition coefficient (Wildman–Crippen LogP) is 9.47. The Morgan fingerprint density at radius 3 is 1.64 bits per heavy atom. The number of benzene rings is 4. The van der Waals surface area contributed by atoms with Gasteiger partial charge in [0.05, 0.1) is 5.56 Å². The first-order valence-electron chi connectivity index (χ1n) is 11.7. The topological polar surface area (TPSA) is 9.23 Å². The smallest absolute Gasteiger partial charge is 0.423 e. The summed E-state index contributed by atoms with van der Waals surface area (Å²) in [5.41, 5.74) is -1.92. The van der Waals surface area contributed by atoms with Gasteiger partial charge in [-0.1, -0.05) is 31.5 Å². The van der Waals surface area contributed by atoms with Crippen LogP contribution in [-0.4, -0.2) is 0 Å². The summed E-state index contributed by atoms with van der Waals surface area (Å²) in [5.74, 6) is -11.8. The van der Waals surface area contributed by atoms with Crippen LogP contribution in [0.3, 0.4) is 0 Å². The number of hydrogen-bond acceptors (Lipinski definition) is 1. The van der Waals surface area contributed by atoms with E-state index in [2.05, 4.69) is 4.74 Å². The monoisotopic (exact) mass is 554 g/mol. The molecule has 0 fully saturated rings. The number of alkyl halides is 2. The highest BCUT2D eigenvalue weighted by atomic mass is 19.3. The summed E-state index contributed by atoms with van der Waals surface area (Å²) in [4.78, 5) is 0. The molecule has 39 heavy (non-hydrogen) atoms. The summed E-state index contributed by atoms with van der Waals surface area (Å²) in [6, 6.07) is 7.91. The van der Waals surface area contributed by atoms with Gasteiger partial charge >= 0.3 is 6.11 Å². The van der Waals surface area contributed by atoms with Crippen LogP contribution in [0, 0.1) is 40.7 Å². The summed E-state index contributed by atoms with van der Waals surface area (Å²) in [6.07, 6.45) is -2.15. The second kappa shape index (κ2) is 11.0. The average molecular weight is 554 g/mol. The summed E-state index contributed by atoms with van der Waals surface area (Å²) < 4.78 is 133. The second-order valence-electron chi connectivity index (χ2n) is 8.75. The van der Waals surface area contributed by atoms with Crippen molar-refractivity contribution >= 4 is 0 Å². The van der Waals surface area contributed by atoms with E-state index < -0.39 is 69.3 Å². The van der Waals surface area contributed by atoms with E-state index >= 15 is 0 Å². The Hall–Kier alpha value is -3.95. The maximum atomic E-state index is 14.8. The van der Waals surface area contributed by atoms with Crippen molar-refractivity contribution in [3.63, 3.8) is 0 Å². The molecule has 4 aromatic carbocycles. The van der Waals surface area contributed by atoms with Gasteiger partial charge in [0, 0.05) is 11.1 Å². The highest BCUT2D eigenvalue weighted by Crippen LogP contribution is 2.38. The number of unbranched alkanes of at least 4 members (excludes halogenated alkanes) is 1. The molecule has 0 aromatic heterocycles. The fourth-order valence-electron chi connectivity index (χ4n) is 3.97. The number of halogens is 9. The fourth-order valence-corrected chi connectivity index (χ4v) is 3.97. The maximum Gasteiger partial charge on any atom is 0.427 e. The molecule has 0 N–H and O–H groups in total. The Morgan fingerprint density at radius 1 is 0.615 bits per heavy atom. The molecule has 0 aliphatic carbocycles. The molecule has 0 saturated carbocycles. The van der Waals surface area contributed by atoms with Crippen molar-refractivity contribution in [1.29, 1.82) is 0 Å². The van der Waals surface area contributed by atoms with Crippen molar-refractivity contribution in [2.75, 3.05) is 0 Å². The van der Waals surface area contributed by atoms with E-state index in [1.54, 1.807) is 6.07 Å². The van der Waals surface area contributed by atoms with Crippen LogP contribution in [0.4, 0.5) is 39.5 Å². The van der Waals surface area contributed by atoms with Gasteiger partial charge in [0.2, 0.25) is 0 Å². The van der Waals surface area contributed by atoms with Crippen LogP contribution in [0.25, 0.3) is 22.3 Å². The molecule has 0 saturated heterocycles. The molecule has 10 heteroatoms. The third-order valence-corrected chi connectivity index (χ3v) is 5.99. The van der Waals surface area contributed by atoms with Crippen molar-refractivity contribution < 1.29 is 44.3 Å². The van der Waals surface area contributed by atoms with Crippen LogP contribution < -0.4 is 4.74 Å². The Bertz CT molecular complexity index is 1490. The first-order valence-corrected chi connectivity index (χ1v) is 11.7. The lowest BCUT2D eigenvalue weighted by molar-refractivity contribution is -0.188. The van der Waals surface area contributed by atoms with Gasteiger partial charge < -0.3 is 4.74 Å². The lowest BCUT2D eigenvalue weighted by Gasteiger charge is -2.20. The van der Waals surface area contributed by atoms with E-state index in [0.29, 0.717) is 42.3 Å². The number of rotatable bonds is 8. The molecule has 0 spiro atoms. The average Bonchev–Trinajstić information content (AvgIpc) is 2.87. The van der Waals surface area contributed by atoms with Gasteiger partial charge in [-0.25, -0.2) is 30.7 Å². The third-order valence-electron chi connectivity index (χ3n) is 5.99. The van der Waals surface area contributed by atoms with E-state index in [1.807, 2.05) is 6.92 Å². The summed E-state index contributed by atoms with van der Waals surface area (Å²) >= 11 is 0. The van der Waals surface area contributed by atoms with Crippen molar-refractivity contribution in [3.8, 4) is 28.0 Å². The minimum atomic E-state index is -4.46. The first kappa shape index (κ1) is 28.1. The molecule has 0 aliphatic heterocycles. The highest BCUT2D eigenvalue weighted by Gasteiger charge is 2.37. The summed E-state index contributed by atoms with van der Waals surface area (Å²) in [7, 11) is 0. The third kappa shape index (κ3) is 5.89. The molecule has 0 aliphatic rings. The van der Waals surface area contributed by atoms with Gasteiger partial charge in [0.25, 0.3) is 0 Å². The zero-order valence-corrected chi connectivity index (χ0v) is 20.2. The zero-order chi connectivity index (χ0) is 28.5. The second-order valence-corrected chi connectivity index (χ2v) is 8.75. The Balaban J connectivity index is 1.61. The van der Waals surface area contributed by atoms with Gasteiger partial charge in [-0.05, 0) is 72.0 Å². The summed E-state index contributed by atoms with van der Waals surface area (Å²) in [6.45, 7) is 1.97. The number of aryl methyl sites for hydroxylation is 1. The van der Waals surface area contributed by atoms with Gasteiger partial charge in [-0.3, -0.25) is 0 Å². The van der Waals surface area contributed by atoms with Crippen LogP contribution in [-0.2, 0) is 12.5 Å². The largest absolute Gasteiger partial charge is 0.427 e. The molecule has 0 atom stereocenters. The number of hydrogen-bond donors (Lipinski definition) is 0. The van der Waals surface area contributed by atoms with E-state index in [9.17, 15) is 39.5 Å². The van der Waals surface area contributed by atoms with Crippen molar-refractivity contribution in [2.45, 2.75) is 32.3 Å². The Kier molecular flexibility index (Phi) is 7.94. The minimum Gasteiger partial charge on any atom is -0.423 e. The quantitative estimate of drug-likeness (QED) is 0.156. The molecule has 204 valence electrons. The zero-order valence-electron chi connectivity index (χ0n) is 20.2. The molecule has 0 amide bonds. The highest BCUT2D eigenvalue weighted by molar-refractivity contribution is 5.66. The lowest BCUT2D eigenvalue weighted by Crippen LogP contribution is -2.23. The molecule has 4 aromatic rings. The van der Waals surface area contributed by atoms with Gasteiger partial charge in [-0.15, -0.1) is 0 Å². The van der Waals surface area contributed by atoms with E-state index in [1.165, 1.54) is 12.1 Å². The van der Waals surface area contributed by atoms with E-state index in [4.69, 9.17) is 0 Å². The summed E-state index contributed by atoms with van der Waals surface area (Å²) in [5, 5.41) is 0. The minimum absolute atomic E-state index is 0.155. The van der Waals surface area contributed by atoms with Crippen LogP contribution in [0.2, 0.25) is 0 Å². The van der Waals surface area contributed by atoms with Crippen LogP contribution >= 0.6 is 0 Å². The number of ether oxygens (including phenoxy) is 1. The van der Waals surface area contributed by atoms with Crippen molar-refractivity contribution in [1.82, 2.24) is 0 Å². The Morgan fingerprint density at radius 2 is 1.13 bits per heavy atom. The van der Waals surface area contributed by atoms with Crippen LogP contribution in [0.1, 0.15) is 30.9 Å². The van der Waals surface area contributed by atoms with E-state index in [-0.39, 0.29) is 17.2 Å². The molecule has 1 nitrogen and oxygen atoms in total. The van der Waals surface area contributed by atoms with Crippen molar-refractivity contribution in [2.24, 2.45) is 0 Å². The lowest BCUT2D eigenvalue weighted by atomic mass is 10.0. The van der Waals surface area contributed by atoms with Gasteiger partial charge in [0.15, 0.2) is 34.8 Å².